The lowest BCUT2D eigenvalue weighted by Crippen LogP contribution is -2.26. The molecule has 7 aliphatic rings. The third-order valence-electron chi connectivity index (χ3n) is 8.66. The van der Waals surface area contributed by atoms with Gasteiger partial charge in [0.15, 0.2) is 28.4 Å². The normalized spacial score (nSPS) is 27.7. The number of aromatic amines is 2. The molecule has 6 atom stereocenters. The summed E-state index contributed by atoms with van der Waals surface area (Å²) in [5.74, 6) is 0.519. The molecule has 0 saturated carbocycles. The monoisotopic (exact) mass is 676 g/mol. The summed E-state index contributed by atoms with van der Waals surface area (Å²) in [5, 5.41) is -0.307. The van der Waals surface area contributed by atoms with Gasteiger partial charge in [-0.25, -0.2) is 29.9 Å². The van der Waals surface area contributed by atoms with Crippen LogP contribution in [-0.4, -0.2) is 65.7 Å². The maximum atomic E-state index is 13.2. The van der Waals surface area contributed by atoms with Gasteiger partial charge in [0.25, 0.3) is 0 Å². The number of nitrogens with zero attached hydrogens (tertiary/aromatic N) is 6. The van der Waals surface area contributed by atoms with E-state index >= 15 is 0 Å². The molecular weight excluding hydrogens is 653 g/mol. The van der Waals surface area contributed by atoms with Gasteiger partial charge in [-0.05, 0) is 31.2 Å². The summed E-state index contributed by atoms with van der Waals surface area (Å²) < 4.78 is 0. The Balaban J connectivity index is 1.34. The first-order valence-electron chi connectivity index (χ1n) is 15.1. The number of nitrogens with one attached hydrogen (secondary N) is 2. The van der Waals surface area contributed by atoms with Crippen molar-refractivity contribution < 1.29 is 14.4 Å². The molecule has 0 radical (unpaired) electrons. The van der Waals surface area contributed by atoms with E-state index in [1.807, 2.05) is 62.4 Å². The first kappa shape index (κ1) is 28.8. The van der Waals surface area contributed by atoms with Crippen LogP contribution in [0.3, 0.4) is 0 Å². The smallest absolute Gasteiger partial charge is 0.201 e. The summed E-state index contributed by atoms with van der Waals surface area (Å²) in [4.78, 5) is 74.6. The van der Waals surface area contributed by atoms with Gasteiger partial charge in [0.2, 0.25) is 10.2 Å². The van der Waals surface area contributed by atoms with Gasteiger partial charge in [-0.3, -0.25) is 14.4 Å². The molecule has 0 fully saturated rings. The topological polar surface area (TPSA) is 160 Å². The third-order valence-corrected chi connectivity index (χ3v) is 12.1. The SMILES string of the molecule is CC1C=CC(c2cc3nc4nc(nc5nc(nc6cc(C7C=CC(C)C(=O)S7)c(nc2[nH]3)[nH]6)C2=C5C3C=CC2SC3=O)C=C4)C(=O)S1. The van der Waals surface area contributed by atoms with E-state index in [0.29, 0.717) is 51.4 Å². The number of aromatic nitrogens is 8. The van der Waals surface area contributed by atoms with Crippen molar-refractivity contribution in [2.45, 2.75) is 35.5 Å². The van der Waals surface area contributed by atoms with Crippen molar-refractivity contribution in [2.24, 2.45) is 11.8 Å². The molecule has 232 valence electrons. The summed E-state index contributed by atoms with van der Waals surface area (Å²) in [6.45, 7) is 3.87. The van der Waals surface area contributed by atoms with Crippen molar-refractivity contribution >= 4 is 96.5 Å². The predicted octanol–water partition coefficient (Wildman–Crippen LogP) is 5.61. The number of carbonyl (C=O) groups is 3. The highest BCUT2D eigenvalue weighted by Crippen LogP contribution is 2.50. The van der Waals surface area contributed by atoms with E-state index in [0.717, 1.165) is 16.7 Å². The molecule has 6 unspecified atom stereocenters. The van der Waals surface area contributed by atoms with E-state index < -0.39 is 11.8 Å². The number of allylic oxidation sites excluding steroid dienone is 4. The lowest BCUT2D eigenvalue weighted by molar-refractivity contribution is -0.113. The van der Waals surface area contributed by atoms with Gasteiger partial charge >= 0.3 is 0 Å². The fourth-order valence-electron chi connectivity index (χ4n) is 6.35. The fraction of sp³-hybridized carbons (Fsp3) is 0.242. The Hall–Kier alpha value is -4.40. The minimum atomic E-state index is -0.522. The molecule has 2 N–H and O–H groups in total. The van der Waals surface area contributed by atoms with Gasteiger partial charge < -0.3 is 9.97 Å². The molecule has 47 heavy (non-hydrogen) atoms. The molecule has 0 aromatic carbocycles. The van der Waals surface area contributed by atoms with E-state index in [2.05, 4.69) is 15.0 Å². The molecule has 6 aliphatic heterocycles. The van der Waals surface area contributed by atoms with Crippen LogP contribution in [0.25, 0.3) is 45.9 Å². The molecule has 14 heteroatoms. The number of rotatable bonds is 2. The molecule has 0 saturated heterocycles. The van der Waals surface area contributed by atoms with Crippen LogP contribution >= 0.6 is 35.3 Å². The highest BCUT2D eigenvalue weighted by atomic mass is 32.2. The van der Waals surface area contributed by atoms with E-state index in [1.54, 1.807) is 12.2 Å². The number of hydrogen-bond acceptors (Lipinski definition) is 12. The van der Waals surface area contributed by atoms with Crippen LogP contribution in [0.5, 0.6) is 0 Å². The number of fused-ring (bicyclic) bond motifs is 9. The quantitative estimate of drug-likeness (QED) is 0.253. The van der Waals surface area contributed by atoms with Crippen molar-refractivity contribution in [1.82, 2.24) is 39.9 Å². The average Bonchev–Trinajstić information content (AvgIpc) is 3.83. The van der Waals surface area contributed by atoms with Gasteiger partial charge in [-0.15, -0.1) is 0 Å². The number of hydrogen-bond donors (Lipinski definition) is 2. The minimum absolute atomic E-state index is 0.0236. The summed E-state index contributed by atoms with van der Waals surface area (Å²) in [5.41, 5.74) is 4.98. The van der Waals surface area contributed by atoms with Crippen LogP contribution in [0.15, 0.2) is 48.6 Å². The third kappa shape index (κ3) is 4.88. The van der Waals surface area contributed by atoms with Crippen molar-refractivity contribution in [3.63, 3.8) is 0 Å². The second-order valence-electron chi connectivity index (χ2n) is 11.9. The molecule has 3 aromatic heterocycles. The van der Waals surface area contributed by atoms with Gasteiger partial charge in [0.1, 0.15) is 22.6 Å². The minimum Gasteiger partial charge on any atom is -0.325 e. The van der Waals surface area contributed by atoms with Crippen molar-refractivity contribution in [2.75, 3.05) is 0 Å². The number of thioether (sulfide) groups is 3. The van der Waals surface area contributed by atoms with E-state index in [9.17, 15) is 14.4 Å². The Morgan fingerprint density at radius 1 is 0.574 bits per heavy atom. The van der Waals surface area contributed by atoms with Crippen LogP contribution in [0, 0.1) is 11.8 Å². The molecule has 10 rings (SSSR count). The summed E-state index contributed by atoms with van der Waals surface area (Å²) >= 11 is 3.80. The highest BCUT2D eigenvalue weighted by Gasteiger charge is 2.44. The Bertz CT molecular complexity index is 2280. The molecule has 0 spiro atoms. The van der Waals surface area contributed by atoms with Crippen molar-refractivity contribution in [1.29, 1.82) is 0 Å². The first-order valence-corrected chi connectivity index (χ1v) is 17.7. The molecule has 3 aromatic rings. The predicted molar refractivity (Wildman–Crippen MR) is 185 cm³/mol. The summed E-state index contributed by atoms with van der Waals surface area (Å²) in [6.07, 6.45) is 15.3. The zero-order valence-electron chi connectivity index (χ0n) is 24.9. The zero-order valence-corrected chi connectivity index (χ0v) is 27.3. The van der Waals surface area contributed by atoms with E-state index in [1.165, 1.54) is 35.3 Å². The van der Waals surface area contributed by atoms with E-state index in [4.69, 9.17) is 24.9 Å². The average molecular weight is 677 g/mol. The maximum absolute atomic E-state index is 13.2. The molecule has 11 nitrogen and oxygen atoms in total. The molecule has 9 heterocycles. The van der Waals surface area contributed by atoms with Crippen LogP contribution < -0.4 is 0 Å². The maximum Gasteiger partial charge on any atom is 0.201 e. The number of H-pyrrole nitrogens is 2. The second kappa shape index (κ2) is 10.8. The molecule has 0 amide bonds. The fourth-order valence-corrected chi connectivity index (χ4v) is 9.37. The molecule has 10 bridgehead atoms. The largest absolute Gasteiger partial charge is 0.325 e. The van der Waals surface area contributed by atoms with Crippen molar-refractivity contribution in [3.05, 3.63) is 83.0 Å². The number of carbonyl (C=O) groups excluding carboxylic acids is 3. The van der Waals surface area contributed by atoms with Crippen LogP contribution in [0.2, 0.25) is 0 Å². The lowest BCUT2D eigenvalue weighted by atomic mass is 9.88. The van der Waals surface area contributed by atoms with Gasteiger partial charge in [-0.1, -0.05) is 78.7 Å². The Morgan fingerprint density at radius 3 is 2.02 bits per heavy atom. The Kier molecular flexibility index (Phi) is 6.63. The van der Waals surface area contributed by atoms with Gasteiger partial charge in [0.05, 0.1) is 22.3 Å². The molecular formula is C33H24N8O3S3. The Labute approximate surface area is 280 Å². The summed E-state index contributed by atoms with van der Waals surface area (Å²) in [7, 11) is 0. The van der Waals surface area contributed by atoms with Crippen LogP contribution in [0.4, 0.5) is 0 Å². The second-order valence-corrected chi connectivity index (χ2v) is 15.5. The standard InChI is InChI=1S/C33H24N8O3S3/c1-13-3-7-19(46-31(13)42)18-12-24-38-28(18)40-27-17(15-5-4-14(2)45-32(15)43)11-23(37-27)35-21-9-10-22(34-21)36-29-25-16-6-8-20(47-33(16)44)26(25)30(39-24)41-29/h3-16,19-20H,1-2H3,(H2,34,35,36,37,38,39,40,41). The zero-order chi connectivity index (χ0) is 32.0. The molecule has 1 aliphatic carbocycles. The summed E-state index contributed by atoms with van der Waals surface area (Å²) in [6, 6.07) is 3.71. The lowest BCUT2D eigenvalue weighted by Gasteiger charge is -2.29. The van der Waals surface area contributed by atoms with Crippen LogP contribution in [0.1, 0.15) is 59.4 Å². The van der Waals surface area contributed by atoms with Crippen molar-refractivity contribution in [3.8, 4) is 0 Å². The van der Waals surface area contributed by atoms with E-state index in [-0.39, 0.29) is 37.0 Å². The Morgan fingerprint density at radius 2 is 1.23 bits per heavy atom. The highest BCUT2D eigenvalue weighted by molar-refractivity contribution is 8.15. The van der Waals surface area contributed by atoms with Crippen LogP contribution in [-0.2, 0) is 14.4 Å². The van der Waals surface area contributed by atoms with Gasteiger partial charge in [-0.2, -0.15) is 0 Å². The first-order chi connectivity index (χ1) is 22.8. The van der Waals surface area contributed by atoms with Gasteiger partial charge in [0, 0.05) is 33.4 Å².